The Bertz CT molecular complexity index is 564. The Labute approximate surface area is 118 Å². The molecule has 1 aromatic heterocycles. The van der Waals surface area contributed by atoms with Crippen molar-refractivity contribution in [2.45, 2.75) is 12.5 Å². The van der Waals surface area contributed by atoms with Crippen molar-refractivity contribution in [2.24, 2.45) is 0 Å². The number of nitrogens with zero attached hydrogens (tertiary/aromatic N) is 1. The zero-order chi connectivity index (χ0) is 13.1. The van der Waals surface area contributed by atoms with Gasteiger partial charge in [-0.05, 0) is 35.4 Å². The number of aliphatic hydroxyl groups is 1. The summed E-state index contributed by atoms with van der Waals surface area (Å²) < 4.78 is 14.3. The van der Waals surface area contributed by atoms with E-state index in [9.17, 15) is 9.50 Å². The van der Waals surface area contributed by atoms with E-state index in [4.69, 9.17) is 11.6 Å². The SMILES string of the molecule is OC(Cc1ccc(Br)cc1F)c1ccnc(Cl)c1. The zero-order valence-corrected chi connectivity index (χ0v) is 11.6. The summed E-state index contributed by atoms with van der Waals surface area (Å²) >= 11 is 8.93. The number of pyridine rings is 1. The van der Waals surface area contributed by atoms with E-state index in [2.05, 4.69) is 20.9 Å². The second kappa shape index (κ2) is 5.78. The summed E-state index contributed by atoms with van der Waals surface area (Å²) in [7, 11) is 0. The summed E-state index contributed by atoms with van der Waals surface area (Å²) in [5.74, 6) is -0.344. The van der Waals surface area contributed by atoms with Gasteiger partial charge in [0.2, 0.25) is 0 Å². The van der Waals surface area contributed by atoms with E-state index in [0.29, 0.717) is 20.8 Å². The van der Waals surface area contributed by atoms with Crippen molar-refractivity contribution in [3.05, 3.63) is 63.1 Å². The molecule has 0 aliphatic rings. The van der Waals surface area contributed by atoms with Crippen molar-refractivity contribution in [1.82, 2.24) is 4.98 Å². The molecule has 5 heteroatoms. The van der Waals surface area contributed by atoms with Gasteiger partial charge in [-0.2, -0.15) is 0 Å². The minimum absolute atomic E-state index is 0.194. The van der Waals surface area contributed by atoms with Gasteiger partial charge in [0.05, 0.1) is 6.10 Å². The van der Waals surface area contributed by atoms with Crippen molar-refractivity contribution in [2.75, 3.05) is 0 Å². The summed E-state index contributed by atoms with van der Waals surface area (Å²) in [6.45, 7) is 0. The minimum Gasteiger partial charge on any atom is -0.388 e. The van der Waals surface area contributed by atoms with Crippen molar-refractivity contribution in [3.63, 3.8) is 0 Å². The average Bonchev–Trinajstić information content (AvgIpc) is 2.32. The van der Waals surface area contributed by atoms with E-state index < -0.39 is 6.10 Å². The van der Waals surface area contributed by atoms with Crippen LogP contribution in [0.5, 0.6) is 0 Å². The maximum atomic E-state index is 13.6. The van der Waals surface area contributed by atoms with Gasteiger partial charge in [-0.15, -0.1) is 0 Å². The number of hydrogen-bond acceptors (Lipinski definition) is 2. The molecule has 0 amide bonds. The lowest BCUT2D eigenvalue weighted by Crippen LogP contribution is -2.03. The highest BCUT2D eigenvalue weighted by Gasteiger charge is 2.12. The minimum atomic E-state index is -0.804. The molecular formula is C13H10BrClFNO. The maximum absolute atomic E-state index is 13.6. The van der Waals surface area contributed by atoms with Crippen molar-refractivity contribution in [1.29, 1.82) is 0 Å². The van der Waals surface area contributed by atoms with Crippen LogP contribution in [0.15, 0.2) is 41.0 Å². The largest absolute Gasteiger partial charge is 0.388 e. The Morgan fingerprint density at radius 1 is 1.33 bits per heavy atom. The fraction of sp³-hybridized carbons (Fsp3) is 0.154. The maximum Gasteiger partial charge on any atom is 0.129 e. The third-order valence-corrected chi connectivity index (χ3v) is 3.26. The number of aromatic nitrogens is 1. The molecule has 2 rings (SSSR count). The molecule has 1 heterocycles. The smallest absolute Gasteiger partial charge is 0.129 e. The molecule has 2 nitrogen and oxygen atoms in total. The Kier molecular flexibility index (Phi) is 4.32. The zero-order valence-electron chi connectivity index (χ0n) is 9.28. The topological polar surface area (TPSA) is 33.1 Å². The molecule has 0 saturated carbocycles. The van der Waals surface area contributed by atoms with Gasteiger partial charge in [0.15, 0.2) is 0 Å². The summed E-state index contributed by atoms with van der Waals surface area (Å²) in [6.07, 6.45) is 0.902. The van der Waals surface area contributed by atoms with Crippen molar-refractivity contribution < 1.29 is 9.50 Å². The summed E-state index contributed by atoms with van der Waals surface area (Å²) in [6, 6.07) is 7.99. The fourth-order valence-electron chi connectivity index (χ4n) is 1.64. The van der Waals surface area contributed by atoms with Crippen LogP contribution < -0.4 is 0 Å². The third-order valence-electron chi connectivity index (χ3n) is 2.56. The van der Waals surface area contributed by atoms with Crippen LogP contribution in [0, 0.1) is 5.82 Å². The molecule has 0 bridgehead atoms. The van der Waals surface area contributed by atoms with E-state index in [0.717, 1.165) is 0 Å². The second-order valence-electron chi connectivity index (χ2n) is 3.87. The van der Waals surface area contributed by atoms with Crippen LogP contribution >= 0.6 is 27.5 Å². The van der Waals surface area contributed by atoms with Gasteiger partial charge in [0.1, 0.15) is 11.0 Å². The predicted octanol–water partition coefficient (Wildman–Crippen LogP) is 3.91. The molecule has 1 unspecified atom stereocenters. The van der Waals surface area contributed by atoms with Crippen LogP contribution in [0.3, 0.4) is 0 Å². The van der Waals surface area contributed by atoms with Gasteiger partial charge < -0.3 is 5.11 Å². The summed E-state index contributed by atoms with van der Waals surface area (Å²) in [5, 5.41) is 10.3. The van der Waals surface area contributed by atoms with Gasteiger partial charge in [-0.25, -0.2) is 9.37 Å². The molecule has 0 radical (unpaired) electrons. The van der Waals surface area contributed by atoms with E-state index in [-0.39, 0.29) is 12.2 Å². The highest BCUT2D eigenvalue weighted by molar-refractivity contribution is 9.10. The molecule has 0 saturated heterocycles. The van der Waals surface area contributed by atoms with Gasteiger partial charge in [-0.1, -0.05) is 33.6 Å². The lowest BCUT2D eigenvalue weighted by Gasteiger charge is -2.12. The number of rotatable bonds is 3. The average molecular weight is 331 g/mol. The van der Waals surface area contributed by atoms with E-state index >= 15 is 0 Å². The number of hydrogen-bond donors (Lipinski definition) is 1. The normalized spacial score (nSPS) is 12.4. The fourth-order valence-corrected chi connectivity index (χ4v) is 2.15. The summed E-state index contributed by atoms with van der Waals surface area (Å²) in [5.41, 5.74) is 1.08. The van der Waals surface area contributed by atoms with E-state index in [1.807, 2.05) is 0 Å². The summed E-state index contributed by atoms with van der Waals surface area (Å²) in [4.78, 5) is 3.83. The van der Waals surface area contributed by atoms with Gasteiger partial charge in [0.25, 0.3) is 0 Å². The number of halogens is 3. The molecule has 1 aromatic carbocycles. The van der Waals surface area contributed by atoms with Crippen LogP contribution in [-0.2, 0) is 6.42 Å². The van der Waals surface area contributed by atoms with Crippen LogP contribution in [-0.4, -0.2) is 10.1 Å². The third kappa shape index (κ3) is 3.28. The number of benzene rings is 1. The Morgan fingerprint density at radius 3 is 2.78 bits per heavy atom. The van der Waals surface area contributed by atoms with Crippen molar-refractivity contribution >= 4 is 27.5 Å². The first-order valence-corrected chi connectivity index (χ1v) is 6.47. The first-order chi connectivity index (χ1) is 8.56. The first-order valence-electron chi connectivity index (χ1n) is 5.29. The standard InChI is InChI=1S/C13H10BrClFNO/c14-10-2-1-8(11(16)7-10)5-12(18)9-3-4-17-13(15)6-9/h1-4,6-7,12,18H,5H2. The molecule has 0 fully saturated rings. The lowest BCUT2D eigenvalue weighted by atomic mass is 10.0. The van der Waals surface area contributed by atoms with Crippen LogP contribution in [0.1, 0.15) is 17.2 Å². The van der Waals surface area contributed by atoms with Crippen molar-refractivity contribution in [3.8, 4) is 0 Å². The predicted molar refractivity (Wildman–Crippen MR) is 72.0 cm³/mol. The van der Waals surface area contributed by atoms with Crippen LogP contribution in [0.25, 0.3) is 0 Å². The van der Waals surface area contributed by atoms with Gasteiger partial charge >= 0.3 is 0 Å². The Morgan fingerprint density at radius 2 is 2.11 bits per heavy atom. The Hall–Kier alpha value is -0.970. The van der Waals surface area contributed by atoms with E-state index in [1.165, 1.54) is 12.3 Å². The molecule has 0 aliphatic carbocycles. The molecule has 0 spiro atoms. The van der Waals surface area contributed by atoms with Crippen LogP contribution in [0.2, 0.25) is 5.15 Å². The molecule has 2 aromatic rings. The Balaban J connectivity index is 2.18. The molecular weight excluding hydrogens is 321 g/mol. The van der Waals surface area contributed by atoms with Gasteiger partial charge in [0, 0.05) is 17.1 Å². The molecule has 94 valence electrons. The molecule has 1 atom stereocenters. The first kappa shape index (κ1) is 13.5. The molecule has 1 N–H and O–H groups in total. The van der Waals surface area contributed by atoms with E-state index in [1.54, 1.807) is 24.3 Å². The number of aliphatic hydroxyl groups excluding tert-OH is 1. The van der Waals surface area contributed by atoms with Gasteiger partial charge in [-0.3, -0.25) is 0 Å². The highest BCUT2D eigenvalue weighted by atomic mass is 79.9. The lowest BCUT2D eigenvalue weighted by molar-refractivity contribution is 0.177. The quantitative estimate of drug-likeness (QED) is 0.866. The highest BCUT2D eigenvalue weighted by Crippen LogP contribution is 2.23. The molecule has 18 heavy (non-hydrogen) atoms. The monoisotopic (exact) mass is 329 g/mol. The molecule has 0 aliphatic heterocycles. The van der Waals surface area contributed by atoms with Crippen LogP contribution in [0.4, 0.5) is 4.39 Å². The second-order valence-corrected chi connectivity index (χ2v) is 5.17.